The Morgan fingerprint density at radius 3 is 2.87 bits per heavy atom. The Labute approximate surface area is 88.6 Å². The smallest absolute Gasteiger partial charge is 0.260 e. The molecule has 0 aromatic carbocycles. The quantitative estimate of drug-likeness (QED) is 0.725. The molecule has 1 amide bonds. The van der Waals surface area contributed by atoms with Gasteiger partial charge in [-0.3, -0.25) is 9.48 Å². The molecular formula is C10H15N3O2. The summed E-state index contributed by atoms with van der Waals surface area (Å²) in [5.74, 6) is 0.710. The maximum absolute atomic E-state index is 11.6. The van der Waals surface area contributed by atoms with E-state index in [1.807, 2.05) is 11.9 Å². The molecule has 0 atom stereocenters. The summed E-state index contributed by atoms with van der Waals surface area (Å²) in [5, 5.41) is 3.96. The highest BCUT2D eigenvalue weighted by atomic mass is 16.5. The van der Waals surface area contributed by atoms with Gasteiger partial charge in [0.05, 0.1) is 12.4 Å². The molecule has 82 valence electrons. The average Bonchev–Trinajstić information content (AvgIpc) is 2.84. The topological polar surface area (TPSA) is 47.4 Å². The average molecular weight is 209 g/mol. The molecule has 1 aliphatic rings. The summed E-state index contributed by atoms with van der Waals surface area (Å²) >= 11 is 0. The summed E-state index contributed by atoms with van der Waals surface area (Å²) in [5.41, 5.74) is 0. The summed E-state index contributed by atoms with van der Waals surface area (Å²) in [6.07, 6.45) is 5.58. The summed E-state index contributed by atoms with van der Waals surface area (Å²) in [6, 6.07) is 0. The van der Waals surface area contributed by atoms with Gasteiger partial charge in [0, 0.05) is 20.1 Å². The Balaban J connectivity index is 1.80. The molecule has 5 nitrogen and oxygen atoms in total. The van der Waals surface area contributed by atoms with Crippen LogP contribution in [0.3, 0.4) is 0 Å². The van der Waals surface area contributed by atoms with Crippen LogP contribution in [0.1, 0.15) is 12.8 Å². The third kappa shape index (κ3) is 2.49. The number of hydrogen-bond donors (Lipinski definition) is 0. The number of carbonyl (C=O) groups excluding carboxylic acids is 1. The Kier molecular flexibility index (Phi) is 2.89. The predicted octanol–water partition coefficient (Wildman–Crippen LogP) is 0.421. The van der Waals surface area contributed by atoms with Crippen molar-refractivity contribution in [2.24, 2.45) is 7.05 Å². The SMILES string of the molecule is Cn1cc(OCC(=O)N2CCCC2)cn1. The molecule has 0 radical (unpaired) electrons. The minimum Gasteiger partial charge on any atom is -0.480 e. The molecule has 15 heavy (non-hydrogen) atoms. The fraction of sp³-hybridized carbons (Fsp3) is 0.600. The van der Waals surface area contributed by atoms with E-state index in [2.05, 4.69) is 5.10 Å². The van der Waals surface area contributed by atoms with E-state index >= 15 is 0 Å². The van der Waals surface area contributed by atoms with Crippen LogP contribution in [0.2, 0.25) is 0 Å². The monoisotopic (exact) mass is 209 g/mol. The van der Waals surface area contributed by atoms with Crippen LogP contribution in [0.4, 0.5) is 0 Å². The Bertz CT molecular complexity index is 342. The molecule has 1 fully saturated rings. The molecule has 0 bridgehead atoms. The van der Waals surface area contributed by atoms with Crippen LogP contribution in [0.15, 0.2) is 12.4 Å². The second-order valence-electron chi connectivity index (χ2n) is 3.73. The van der Waals surface area contributed by atoms with E-state index in [0.717, 1.165) is 25.9 Å². The fourth-order valence-corrected chi connectivity index (χ4v) is 1.68. The lowest BCUT2D eigenvalue weighted by atomic mass is 10.4. The van der Waals surface area contributed by atoms with E-state index in [-0.39, 0.29) is 12.5 Å². The summed E-state index contributed by atoms with van der Waals surface area (Å²) in [6.45, 7) is 1.86. The normalized spacial score (nSPS) is 15.7. The zero-order chi connectivity index (χ0) is 10.7. The number of hydrogen-bond acceptors (Lipinski definition) is 3. The standard InChI is InChI=1S/C10H15N3O2/c1-12-7-9(6-11-12)15-8-10(14)13-4-2-3-5-13/h6-7H,2-5,8H2,1H3. The number of aromatic nitrogens is 2. The van der Waals surface area contributed by atoms with E-state index < -0.39 is 0 Å². The Hall–Kier alpha value is -1.52. The molecule has 0 aliphatic carbocycles. The fourth-order valence-electron chi connectivity index (χ4n) is 1.68. The predicted molar refractivity (Wildman–Crippen MR) is 54.5 cm³/mol. The van der Waals surface area contributed by atoms with Gasteiger partial charge in [0.15, 0.2) is 12.4 Å². The maximum atomic E-state index is 11.6. The molecule has 1 aromatic heterocycles. The van der Waals surface area contributed by atoms with Crippen molar-refractivity contribution in [3.05, 3.63) is 12.4 Å². The van der Waals surface area contributed by atoms with Crippen molar-refractivity contribution in [2.75, 3.05) is 19.7 Å². The number of likely N-dealkylation sites (tertiary alicyclic amines) is 1. The highest BCUT2D eigenvalue weighted by Crippen LogP contribution is 2.10. The molecule has 0 saturated carbocycles. The van der Waals surface area contributed by atoms with E-state index in [1.165, 1.54) is 0 Å². The minimum absolute atomic E-state index is 0.0661. The lowest BCUT2D eigenvalue weighted by molar-refractivity contribution is -0.132. The largest absolute Gasteiger partial charge is 0.480 e. The zero-order valence-electron chi connectivity index (χ0n) is 8.85. The van der Waals surface area contributed by atoms with Crippen molar-refractivity contribution in [3.8, 4) is 5.75 Å². The van der Waals surface area contributed by atoms with Crippen molar-refractivity contribution in [3.63, 3.8) is 0 Å². The van der Waals surface area contributed by atoms with Crippen LogP contribution >= 0.6 is 0 Å². The van der Waals surface area contributed by atoms with Gasteiger partial charge in [-0.2, -0.15) is 5.10 Å². The Morgan fingerprint density at radius 2 is 2.27 bits per heavy atom. The summed E-state index contributed by atoms with van der Waals surface area (Å²) in [4.78, 5) is 13.4. The number of carbonyl (C=O) groups is 1. The van der Waals surface area contributed by atoms with E-state index in [0.29, 0.717) is 5.75 Å². The van der Waals surface area contributed by atoms with Crippen LogP contribution in [-0.2, 0) is 11.8 Å². The molecule has 2 rings (SSSR count). The number of ether oxygens (including phenoxy) is 1. The molecule has 1 saturated heterocycles. The van der Waals surface area contributed by atoms with E-state index in [9.17, 15) is 4.79 Å². The van der Waals surface area contributed by atoms with Crippen LogP contribution in [0.25, 0.3) is 0 Å². The second kappa shape index (κ2) is 4.33. The first-order valence-corrected chi connectivity index (χ1v) is 5.15. The maximum Gasteiger partial charge on any atom is 0.260 e. The third-order valence-corrected chi connectivity index (χ3v) is 2.50. The van der Waals surface area contributed by atoms with Gasteiger partial charge >= 0.3 is 0 Å². The van der Waals surface area contributed by atoms with Crippen molar-refractivity contribution < 1.29 is 9.53 Å². The number of aryl methyl sites for hydroxylation is 1. The summed E-state index contributed by atoms with van der Waals surface area (Å²) in [7, 11) is 1.81. The second-order valence-corrected chi connectivity index (χ2v) is 3.73. The third-order valence-electron chi connectivity index (χ3n) is 2.50. The van der Waals surface area contributed by atoms with Gasteiger partial charge in [-0.05, 0) is 12.8 Å². The van der Waals surface area contributed by atoms with Gasteiger partial charge in [-0.25, -0.2) is 0 Å². The van der Waals surface area contributed by atoms with E-state index in [1.54, 1.807) is 17.1 Å². The van der Waals surface area contributed by atoms with Crippen LogP contribution in [0.5, 0.6) is 5.75 Å². The summed E-state index contributed by atoms with van der Waals surface area (Å²) < 4.78 is 6.97. The lowest BCUT2D eigenvalue weighted by Crippen LogP contribution is -2.32. The highest BCUT2D eigenvalue weighted by Gasteiger charge is 2.18. The van der Waals surface area contributed by atoms with Crippen molar-refractivity contribution in [2.45, 2.75) is 12.8 Å². The molecule has 1 aliphatic heterocycles. The molecule has 0 N–H and O–H groups in total. The first-order valence-electron chi connectivity index (χ1n) is 5.15. The van der Waals surface area contributed by atoms with Crippen LogP contribution < -0.4 is 4.74 Å². The van der Waals surface area contributed by atoms with E-state index in [4.69, 9.17) is 4.74 Å². The first-order chi connectivity index (χ1) is 7.25. The molecule has 1 aromatic rings. The zero-order valence-corrected chi connectivity index (χ0v) is 8.85. The molecular weight excluding hydrogens is 194 g/mol. The molecule has 2 heterocycles. The highest BCUT2D eigenvalue weighted by molar-refractivity contribution is 5.77. The van der Waals surface area contributed by atoms with Gasteiger partial charge in [0.1, 0.15) is 0 Å². The van der Waals surface area contributed by atoms with Gasteiger partial charge < -0.3 is 9.64 Å². The molecule has 5 heteroatoms. The van der Waals surface area contributed by atoms with Gasteiger partial charge in [-0.15, -0.1) is 0 Å². The first kappa shape index (κ1) is 10.0. The van der Waals surface area contributed by atoms with Gasteiger partial charge in [0.2, 0.25) is 0 Å². The number of rotatable bonds is 3. The Morgan fingerprint density at radius 1 is 1.53 bits per heavy atom. The molecule has 0 spiro atoms. The van der Waals surface area contributed by atoms with Gasteiger partial charge in [0.25, 0.3) is 5.91 Å². The van der Waals surface area contributed by atoms with Crippen molar-refractivity contribution in [1.82, 2.24) is 14.7 Å². The number of amides is 1. The van der Waals surface area contributed by atoms with Crippen LogP contribution in [0, 0.1) is 0 Å². The van der Waals surface area contributed by atoms with Gasteiger partial charge in [-0.1, -0.05) is 0 Å². The lowest BCUT2D eigenvalue weighted by Gasteiger charge is -2.14. The van der Waals surface area contributed by atoms with Crippen molar-refractivity contribution in [1.29, 1.82) is 0 Å². The van der Waals surface area contributed by atoms with Crippen molar-refractivity contribution >= 4 is 5.91 Å². The molecule has 0 unspecified atom stereocenters. The van der Waals surface area contributed by atoms with Crippen LogP contribution in [-0.4, -0.2) is 40.3 Å². The minimum atomic E-state index is 0.0661. The number of nitrogens with zero attached hydrogens (tertiary/aromatic N) is 3.